The van der Waals surface area contributed by atoms with Crippen molar-refractivity contribution in [3.05, 3.63) is 34.6 Å². The molecule has 1 amide bonds. The highest BCUT2D eigenvalue weighted by Crippen LogP contribution is 2.49. The van der Waals surface area contributed by atoms with E-state index >= 15 is 0 Å². The molecule has 5 heteroatoms. The summed E-state index contributed by atoms with van der Waals surface area (Å²) in [6.45, 7) is 3.42. The van der Waals surface area contributed by atoms with Gasteiger partial charge in [-0.15, -0.1) is 0 Å². The molecule has 2 fully saturated rings. The minimum absolute atomic E-state index is 0.225. The molecule has 2 heterocycles. The summed E-state index contributed by atoms with van der Waals surface area (Å²) in [4.78, 5) is 14.2. The van der Waals surface area contributed by atoms with E-state index in [-0.39, 0.29) is 11.7 Å². The number of ether oxygens (including phenoxy) is 1. The molecule has 1 saturated carbocycles. The average Bonchev–Trinajstić information content (AvgIpc) is 2.59. The number of nitrogens with zero attached hydrogens (tertiary/aromatic N) is 1. The van der Waals surface area contributed by atoms with Crippen molar-refractivity contribution in [3.63, 3.8) is 0 Å². The molecule has 4 rings (SSSR count). The van der Waals surface area contributed by atoms with Crippen LogP contribution in [0.25, 0.3) is 0 Å². The Morgan fingerprint density at radius 2 is 2.25 bits per heavy atom. The summed E-state index contributed by atoms with van der Waals surface area (Å²) < 4.78 is 20.2. The Labute approximate surface area is 142 Å². The van der Waals surface area contributed by atoms with Gasteiger partial charge in [0.1, 0.15) is 5.82 Å². The van der Waals surface area contributed by atoms with Gasteiger partial charge >= 0.3 is 0 Å². The Hall–Kier alpha value is -1.46. The lowest BCUT2D eigenvalue weighted by atomic mass is 9.62. The van der Waals surface area contributed by atoms with Crippen LogP contribution in [0, 0.1) is 11.2 Å². The van der Waals surface area contributed by atoms with Crippen molar-refractivity contribution in [1.29, 1.82) is 0 Å². The number of fused-ring (bicyclic) bond motifs is 1. The van der Waals surface area contributed by atoms with E-state index < -0.39 is 0 Å². The Bertz CT molecular complexity index is 647. The second-order valence-corrected chi connectivity index (χ2v) is 7.61. The van der Waals surface area contributed by atoms with Gasteiger partial charge in [-0.1, -0.05) is 0 Å². The van der Waals surface area contributed by atoms with Gasteiger partial charge in [0.15, 0.2) is 0 Å². The van der Waals surface area contributed by atoms with Gasteiger partial charge in [0.25, 0.3) is 5.91 Å². The monoisotopic (exact) mass is 332 g/mol. The lowest BCUT2D eigenvalue weighted by Gasteiger charge is -2.54. The first-order chi connectivity index (χ1) is 11.6. The summed E-state index contributed by atoms with van der Waals surface area (Å²) in [6.07, 6.45) is 5.63. The van der Waals surface area contributed by atoms with Crippen molar-refractivity contribution in [2.75, 3.05) is 26.8 Å². The van der Waals surface area contributed by atoms with Crippen LogP contribution in [-0.2, 0) is 17.7 Å². The van der Waals surface area contributed by atoms with Crippen molar-refractivity contribution >= 4 is 5.91 Å². The topological polar surface area (TPSA) is 41.6 Å². The van der Waals surface area contributed by atoms with Crippen LogP contribution in [0.3, 0.4) is 0 Å². The molecule has 1 saturated heterocycles. The number of hydrogen-bond acceptors (Lipinski definition) is 3. The third-order valence-electron chi connectivity index (χ3n) is 6.06. The fourth-order valence-corrected chi connectivity index (χ4v) is 4.66. The molecule has 0 atom stereocenters. The summed E-state index contributed by atoms with van der Waals surface area (Å²) in [5.74, 6) is -0.469. The van der Waals surface area contributed by atoms with Crippen molar-refractivity contribution < 1.29 is 13.9 Å². The van der Waals surface area contributed by atoms with Crippen molar-refractivity contribution in [3.8, 4) is 0 Å². The molecular weight excluding hydrogens is 307 g/mol. The van der Waals surface area contributed by atoms with Crippen LogP contribution in [0.15, 0.2) is 12.1 Å². The molecule has 1 spiro atoms. The van der Waals surface area contributed by atoms with E-state index in [9.17, 15) is 9.18 Å². The number of amides is 1. The molecule has 3 aliphatic rings. The largest absolute Gasteiger partial charge is 0.381 e. The molecule has 0 radical (unpaired) electrons. The number of carbonyl (C=O) groups excluding carboxylic acids is 1. The maximum Gasteiger partial charge on any atom is 0.251 e. The van der Waals surface area contributed by atoms with E-state index in [1.807, 2.05) is 6.07 Å². The maximum atomic E-state index is 14.5. The van der Waals surface area contributed by atoms with Gasteiger partial charge in [0, 0.05) is 43.9 Å². The number of hydrogen-bond donors (Lipinski definition) is 1. The normalized spacial score (nSPS) is 29.8. The molecule has 24 heavy (non-hydrogen) atoms. The lowest BCUT2D eigenvalue weighted by molar-refractivity contribution is -0.0985. The quantitative estimate of drug-likeness (QED) is 0.905. The van der Waals surface area contributed by atoms with Crippen LogP contribution in [-0.4, -0.2) is 43.7 Å². The van der Waals surface area contributed by atoms with Crippen LogP contribution in [0.4, 0.5) is 4.39 Å². The van der Waals surface area contributed by atoms with Gasteiger partial charge in [-0.05, 0) is 55.2 Å². The Kier molecular flexibility index (Phi) is 4.09. The van der Waals surface area contributed by atoms with E-state index in [1.54, 1.807) is 7.05 Å². The van der Waals surface area contributed by atoms with Gasteiger partial charge in [0.05, 0.1) is 6.61 Å². The number of benzene rings is 1. The van der Waals surface area contributed by atoms with Crippen LogP contribution < -0.4 is 5.32 Å². The fraction of sp³-hybridized carbons (Fsp3) is 0.632. The zero-order valence-electron chi connectivity index (χ0n) is 14.2. The highest BCUT2D eigenvalue weighted by atomic mass is 19.1. The van der Waals surface area contributed by atoms with Gasteiger partial charge in [-0.2, -0.15) is 0 Å². The van der Waals surface area contributed by atoms with Gasteiger partial charge in [0.2, 0.25) is 0 Å². The number of halogens is 1. The predicted octanol–water partition coefficient (Wildman–Crippen LogP) is 2.50. The fourth-order valence-electron chi connectivity index (χ4n) is 4.66. The summed E-state index contributed by atoms with van der Waals surface area (Å²) in [6, 6.07) is 3.78. The van der Waals surface area contributed by atoms with Crippen molar-refractivity contribution in [1.82, 2.24) is 10.2 Å². The first kappa shape index (κ1) is 16.0. The molecular formula is C19H25FN2O2. The summed E-state index contributed by atoms with van der Waals surface area (Å²) in [5.41, 5.74) is 2.57. The standard InChI is InChI=1S/C19H25FN2O2/c1-21-18(23)14-7-13-3-5-22(11-16(13)17(20)8-14)15-9-19(10-15)4-2-6-24-12-19/h7-8,15H,2-6,9-12H2,1H3,(H,21,23). The Morgan fingerprint density at radius 3 is 2.96 bits per heavy atom. The molecule has 0 bridgehead atoms. The van der Waals surface area contributed by atoms with Crippen LogP contribution in [0.1, 0.15) is 47.2 Å². The maximum absolute atomic E-state index is 14.5. The molecule has 0 unspecified atom stereocenters. The summed E-state index contributed by atoms with van der Waals surface area (Å²) in [5, 5.41) is 2.57. The number of rotatable bonds is 2. The lowest BCUT2D eigenvalue weighted by Crippen LogP contribution is -2.55. The molecule has 2 aliphatic heterocycles. The smallest absolute Gasteiger partial charge is 0.251 e. The molecule has 1 aromatic carbocycles. The second kappa shape index (κ2) is 6.12. The second-order valence-electron chi connectivity index (χ2n) is 7.61. The molecule has 1 aromatic rings. The van der Waals surface area contributed by atoms with E-state index in [0.717, 1.165) is 37.3 Å². The Balaban J connectivity index is 1.46. The zero-order valence-corrected chi connectivity index (χ0v) is 14.2. The third kappa shape index (κ3) is 2.74. The highest BCUT2D eigenvalue weighted by molar-refractivity contribution is 5.94. The van der Waals surface area contributed by atoms with Gasteiger partial charge in [-0.3, -0.25) is 9.69 Å². The SMILES string of the molecule is CNC(=O)c1cc(F)c2c(c1)CCN(C1CC3(CCCOC3)C1)C2. The van der Waals surface area contributed by atoms with E-state index in [1.165, 1.54) is 31.7 Å². The van der Waals surface area contributed by atoms with Gasteiger partial charge < -0.3 is 10.1 Å². The van der Waals surface area contributed by atoms with E-state index in [2.05, 4.69) is 10.2 Å². The van der Waals surface area contributed by atoms with Gasteiger partial charge in [-0.25, -0.2) is 4.39 Å². The molecule has 1 aliphatic carbocycles. The zero-order chi connectivity index (χ0) is 16.7. The highest BCUT2D eigenvalue weighted by Gasteiger charge is 2.47. The average molecular weight is 332 g/mol. The molecule has 0 aromatic heterocycles. The first-order valence-corrected chi connectivity index (χ1v) is 8.95. The van der Waals surface area contributed by atoms with E-state index in [4.69, 9.17) is 4.74 Å². The molecule has 130 valence electrons. The molecule has 4 nitrogen and oxygen atoms in total. The van der Waals surface area contributed by atoms with Crippen LogP contribution in [0.2, 0.25) is 0 Å². The van der Waals surface area contributed by atoms with Crippen molar-refractivity contribution in [2.24, 2.45) is 5.41 Å². The van der Waals surface area contributed by atoms with Crippen molar-refractivity contribution in [2.45, 2.75) is 44.7 Å². The minimum Gasteiger partial charge on any atom is -0.381 e. The summed E-state index contributed by atoms with van der Waals surface area (Å²) in [7, 11) is 1.57. The number of carbonyl (C=O) groups is 1. The third-order valence-corrected chi connectivity index (χ3v) is 6.06. The first-order valence-electron chi connectivity index (χ1n) is 8.95. The number of nitrogens with one attached hydrogen (secondary N) is 1. The molecule has 1 N–H and O–H groups in total. The van der Waals surface area contributed by atoms with Crippen LogP contribution >= 0.6 is 0 Å². The van der Waals surface area contributed by atoms with Crippen LogP contribution in [0.5, 0.6) is 0 Å². The summed E-state index contributed by atoms with van der Waals surface area (Å²) >= 11 is 0. The minimum atomic E-state index is -0.245. The van der Waals surface area contributed by atoms with E-state index in [0.29, 0.717) is 23.6 Å². The Morgan fingerprint density at radius 1 is 1.42 bits per heavy atom. The predicted molar refractivity (Wildman–Crippen MR) is 89.4 cm³/mol.